The maximum absolute atomic E-state index is 11.5. The van der Waals surface area contributed by atoms with Crippen molar-refractivity contribution in [2.75, 3.05) is 12.8 Å². The van der Waals surface area contributed by atoms with E-state index in [-0.39, 0.29) is 16.8 Å². The topological polar surface area (TPSA) is 117 Å². The number of nitrogens with zero attached hydrogens (tertiary/aromatic N) is 2. The second kappa shape index (κ2) is 5.53. The molecule has 1 rings (SSSR count). The summed E-state index contributed by atoms with van der Waals surface area (Å²) in [6.07, 6.45) is 0. The van der Waals surface area contributed by atoms with Gasteiger partial charge in [0.05, 0.1) is 5.75 Å². The van der Waals surface area contributed by atoms with Crippen molar-refractivity contribution in [3.63, 3.8) is 0 Å². The lowest BCUT2D eigenvalue weighted by Crippen LogP contribution is -2.33. The van der Waals surface area contributed by atoms with Gasteiger partial charge in [-0.15, -0.1) is 5.10 Å². The van der Waals surface area contributed by atoms with Crippen LogP contribution in [0.3, 0.4) is 0 Å². The van der Waals surface area contributed by atoms with Crippen LogP contribution in [0.2, 0.25) is 0 Å². The largest absolute Gasteiger partial charge is 0.481 e. The van der Waals surface area contributed by atoms with E-state index in [0.29, 0.717) is 0 Å². The fourth-order valence-electron chi connectivity index (χ4n) is 1.19. The maximum atomic E-state index is 11.5. The molecule has 17 heavy (non-hydrogen) atoms. The zero-order valence-corrected chi connectivity index (χ0v) is 10.1. The number of thioether (sulfide) groups is 1. The number of carbonyl (C=O) groups excluding carboxylic acids is 1. The minimum absolute atomic E-state index is 0.175. The molecule has 1 unspecified atom stereocenters. The molecule has 1 heterocycles. The van der Waals surface area contributed by atoms with Gasteiger partial charge < -0.3 is 10.4 Å². The third kappa shape index (κ3) is 3.09. The molecule has 3 N–H and O–H groups in total. The molecule has 1 aromatic heterocycles. The Morgan fingerprint density at radius 2 is 2.29 bits per heavy atom. The second-order valence-electron chi connectivity index (χ2n) is 3.15. The Morgan fingerprint density at radius 1 is 1.65 bits per heavy atom. The molecule has 0 aliphatic rings. The van der Waals surface area contributed by atoms with Gasteiger partial charge in [0.15, 0.2) is 5.16 Å². The quantitative estimate of drug-likeness (QED) is 0.588. The number of amides is 1. The number of carboxylic acids is 1. The number of aromatic nitrogens is 3. The van der Waals surface area contributed by atoms with E-state index in [9.17, 15) is 14.4 Å². The number of H-pyrrole nitrogens is 1. The van der Waals surface area contributed by atoms with Crippen molar-refractivity contribution < 1.29 is 14.7 Å². The van der Waals surface area contributed by atoms with Crippen molar-refractivity contribution in [2.45, 2.75) is 18.1 Å². The number of aliphatic carboxylic acids is 1. The Labute approximate surface area is 100 Å². The molecule has 1 aromatic rings. The Hall–Kier alpha value is -1.77. The van der Waals surface area contributed by atoms with Gasteiger partial charge in [0.25, 0.3) is 0 Å². The van der Waals surface area contributed by atoms with Crippen LogP contribution in [0.4, 0.5) is 0 Å². The van der Waals surface area contributed by atoms with E-state index in [2.05, 4.69) is 15.5 Å². The van der Waals surface area contributed by atoms with Crippen LogP contribution in [0.5, 0.6) is 0 Å². The van der Waals surface area contributed by atoms with Crippen LogP contribution in [0.15, 0.2) is 9.95 Å². The molecule has 0 radical (unpaired) electrons. The highest BCUT2D eigenvalue weighted by molar-refractivity contribution is 7.99. The SMILES string of the molecule is CNC(=O)C(C)n1c(SCC(=O)O)n[nH]c1=O. The van der Waals surface area contributed by atoms with Crippen LogP contribution in [0, 0.1) is 0 Å². The van der Waals surface area contributed by atoms with Gasteiger partial charge in [-0.2, -0.15) is 0 Å². The van der Waals surface area contributed by atoms with Crippen molar-refractivity contribution >= 4 is 23.6 Å². The highest BCUT2D eigenvalue weighted by atomic mass is 32.2. The predicted octanol–water partition coefficient (Wildman–Crippen LogP) is -0.945. The Balaban J connectivity index is 2.97. The highest BCUT2D eigenvalue weighted by Crippen LogP contribution is 2.16. The first kappa shape index (κ1) is 13.3. The number of hydrogen-bond acceptors (Lipinski definition) is 5. The molecule has 0 spiro atoms. The van der Waals surface area contributed by atoms with Crippen LogP contribution in [-0.4, -0.2) is 44.5 Å². The molecular weight excluding hydrogens is 248 g/mol. The van der Waals surface area contributed by atoms with Crippen molar-refractivity contribution in [3.05, 3.63) is 10.5 Å². The number of carboxylic acid groups (broad SMARTS) is 1. The third-order valence-corrected chi connectivity index (χ3v) is 2.95. The summed E-state index contributed by atoms with van der Waals surface area (Å²) in [4.78, 5) is 33.3. The van der Waals surface area contributed by atoms with Crippen LogP contribution in [0.25, 0.3) is 0 Å². The molecule has 0 aromatic carbocycles. The zero-order valence-electron chi connectivity index (χ0n) is 9.26. The molecule has 8 nitrogen and oxygen atoms in total. The molecule has 0 bridgehead atoms. The van der Waals surface area contributed by atoms with Gasteiger partial charge in [-0.05, 0) is 6.92 Å². The van der Waals surface area contributed by atoms with Gasteiger partial charge in [0.2, 0.25) is 5.91 Å². The van der Waals surface area contributed by atoms with Crippen molar-refractivity contribution in [2.24, 2.45) is 0 Å². The number of nitrogens with one attached hydrogen (secondary N) is 2. The predicted molar refractivity (Wildman–Crippen MR) is 60.0 cm³/mol. The Morgan fingerprint density at radius 3 is 2.82 bits per heavy atom. The van der Waals surface area contributed by atoms with Gasteiger partial charge in [0.1, 0.15) is 6.04 Å². The summed E-state index contributed by atoms with van der Waals surface area (Å²) in [7, 11) is 1.45. The molecule has 1 amide bonds. The summed E-state index contributed by atoms with van der Waals surface area (Å²) in [5, 5.41) is 17.0. The van der Waals surface area contributed by atoms with E-state index >= 15 is 0 Å². The molecule has 9 heteroatoms. The summed E-state index contributed by atoms with van der Waals surface area (Å²) in [5.41, 5.74) is -0.547. The zero-order chi connectivity index (χ0) is 13.0. The molecule has 0 aliphatic carbocycles. The summed E-state index contributed by atoms with van der Waals surface area (Å²) in [6, 6.07) is -0.748. The lowest BCUT2D eigenvalue weighted by atomic mass is 10.3. The summed E-state index contributed by atoms with van der Waals surface area (Å²) < 4.78 is 1.12. The molecule has 0 saturated heterocycles. The van der Waals surface area contributed by atoms with Crippen LogP contribution >= 0.6 is 11.8 Å². The average molecular weight is 260 g/mol. The van der Waals surface area contributed by atoms with Crippen LogP contribution in [-0.2, 0) is 9.59 Å². The molecular formula is C8H12N4O4S. The van der Waals surface area contributed by atoms with Gasteiger partial charge in [-0.3, -0.25) is 14.2 Å². The smallest absolute Gasteiger partial charge is 0.344 e. The molecule has 1 atom stereocenters. The van der Waals surface area contributed by atoms with Crippen molar-refractivity contribution in [1.82, 2.24) is 20.1 Å². The first-order chi connectivity index (χ1) is 7.97. The average Bonchev–Trinajstić information content (AvgIpc) is 2.65. The minimum atomic E-state index is -1.02. The standard InChI is InChI=1S/C8H12N4O4S/c1-4(6(15)9-2)12-7(16)10-11-8(12)17-3-5(13)14/h4H,3H2,1-2H3,(H,9,15)(H,10,16)(H,13,14). The Bertz CT molecular complexity index is 480. The van der Waals surface area contributed by atoms with Crippen LogP contribution in [0.1, 0.15) is 13.0 Å². The molecule has 0 aliphatic heterocycles. The van der Waals surface area contributed by atoms with E-state index in [1.54, 1.807) is 0 Å². The fourth-order valence-corrected chi connectivity index (χ4v) is 1.93. The Kier molecular flexibility index (Phi) is 4.32. The monoisotopic (exact) mass is 260 g/mol. The van der Waals surface area contributed by atoms with Gasteiger partial charge >= 0.3 is 11.7 Å². The molecule has 0 saturated carbocycles. The maximum Gasteiger partial charge on any atom is 0.344 e. The fraction of sp³-hybridized carbons (Fsp3) is 0.500. The normalized spacial score (nSPS) is 12.1. The van der Waals surface area contributed by atoms with E-state index in [1.807, 2.05) is 0 Å². The second-order valence-corrected chi connectivity index (χ2v) is 4.10. The van der Waals surface area contributed by atoms with Gasteiger partial charge in [-0.25, -0.2) is 9.89 Å². The van der Waals surface area contributed by atoms with Gasteiger partial charge in [0, 0.05) is 7.05 Å². The van der Waals surface area contributed by atoms with Crippen LogP contribution < -0.4 is 11.0 Å². The van der Waals surface area contributed by atoms with E-state index in [1.165, 1.54) is 14.0 Å². The number of hydrogen-bond donors (Lipinski definition) is 3. The molecule has 94 valence electrons. The van der Waals surface area contributed by atoms with Crippen molar-refractivity contribution in [1.29, 1.82) is 0 Å². The number of rotatable bonds is 5. The third-order valence-electron chi connectivity index (χ3n) is 2.01. The summed E-state index contributed by atoms with van der Waals surface area (Å²) in [6.45, 7) is 1.53. The highest BCUT2D eigenvalue weighted by Gasteiger charge is 2.20. The molecule has 0 fully saturated rings. The number of likely N-dealkylation sites (N-methyl/N-ethyl adjacent to an activating group) is 1. The lowest BCUT2D eigenvalue weighted by Gasteiger charge is -2.11. The summed E-state index contributed by atoms with van der Waals surface area (Å²) in [5.74, 6) is -1.61. The van der Waals surface area contributed by atoms with E-state index in [0.717, 1.165) is 16.3 Å². The first-order valence-electron chi connectivity index (χ1n) is 4.70. The minimum Gasteiger partial charge on any atom is -0.481 e. The number of carbonyl (C=O) groups is 2. The van der Waals surface area contributed by atoms with E-state index < -0.39 is 17.7 Å². The van der Waals surface area contributed by atoms with E-state index in [4.69, 9.17) is 5.11 Å². The lowest BCUT2D eigenvalue weighted by molar-refractivity contribution is -0.133. The van der Waals surface area contributed by atoms with Crippen molar-refractivity contribution in [3.8, 4) is 0 Å². The first-order valence-corrected chi connectivity index (χ1v) is 5.69. The van der Waals surface area contributed by atoms with Gasteiger partial charge in [-0.1, -0.05) is 11.8 Å². The summed E-state index contributed by atoms with van der Waals surface area (Å²) >= 11 is 0.873. The number of aromatic amines is 1.